The maximum atomic E-state index is 15.5. The van der Waals surface area contributed by atoms with Gasteiger partial charge in [-0.1, -0.05) is 63.3 Å². The van der Waals surface area contributed by atoms with Gasteiger partial charge in [0.25, 0.3) is 0 Å². The number of halogens is 8. The molecule has 0 saturated heterocycles. The Labute approximate surface area is 302 Å². The van der Waals surface area contributed by atoms with Crippen LogP contribution in [0.15, 0.2) is 119 Å². The van der Waals surface area contributed by atoms with Crippen LogP contribution in [0.25, 0.3) is 11.1 Å². The third-order valence-corrected chi connectivity index (χ3v) is 9.88. The number of benzene rings is 2. The maximum absolute atomic E-state index is 15.5. The fraction of sp³-hybridized carbons (Fsp3) is 0.381. The molecule has 0 aliphatic heterocycles. The van der Waals surface area contributed by atoms with Gasteiger partial charge in [0.15, 0.2) is 29.0 Å². The summed E-state index contributed by atoms with van der Waals surface area (Å²) in [6.07, 6.45) is 1.27. The van der Waals surface area contributed by atoms with E-state index in [0.29, 0.717) is 34.5 Å². The van der Waals surface area contributed by atoms with Crippen LogP contribution in [-0.2, 0) is 5.41 Å². The van der Waals surface area contributed by atoms with Crippen LogP contribution in [0.5, 0.6) is 0 Å². The third kappa shape index (κ3) is 7.05. The minimum absolute atomic E-state index is 0.142. The normalized spacial score (nSPS) is 20.7. The van der Waals surface area contributed by atoms with Gasteiger partial charge >= 0.3 is 0 Å². The zero-order valence-electron chi connectivity index (χ0n) is 31.6. The first-order valence-corrected chi connectivity index (χ1v) is 17.3. The number of hydrogen-bond acceptors (Lipinski definition) is 2. The number of alkyl halides is 2. The van der Waals surface area contributed by atoms with Gasteiger partial charge in [0.05, 0.1) is 6.04 Å². The molecular weight excluding hydrogens is 684 g/mol. The summed E-state index contributed by atoms with van der Waals surface area (Å²) >= 11 is 0. The van der Waals surface area contributed by atoms with Gasteiger partial charge < -0.3 is 9.80 Å². The summed E-state index contributed by atoms with van der Waals surface area (Å²) in [6.45, 7) is 22.1. The topological polar surface area (TPSA) is 6.48 Å². The Hall–Kier alpha value is -4.34. The van der Waals surface area contributed by atoms with Crippen LogP contribution in [0.3, 0.4) is 0 Å². The molecule has 0 aromatic heterocycles. The Bertz CT molecular complexity index is 1910. The largest absolute Gasteiger partial charge is 0.331 e. The lowest BCUT2D eigenvalue weighted by molar-refractivity contribution is 0.172. The number of hydrogen-bond donors (Lipinski definition) is 0. The van der Waals surface area contributed by atoms with Crippen LogP contribution >= 0.6 is 0 Å². The van der Waals surface area contributed by atoms with Crippen LogP contribution in [0, 0.1) is 0 Å². The summed E-state index contributed by atoms with van der Waals surface area (Å²) < 4.78 is 119. The van der Waals surface area contributed by atoms with E-state index in [0.717, 1.165) is 28.5 Å². The van der Waals surface area contributed by atoms with Gasteiger partial charge in [-0.25, -0.2) is 35.1 Å². The van der Waals surface area contributed by atoms with E-state index in [1.807, 2.05) is 40.7 Å². The van der Waals surface area contributed by atoms with Crippen molar-refractivity contribution in [2.24, 2.45) is 0 Å². The molecule has 10 heteroatoms. The average Bonchev–Trinajstić information content (AvgIpc) is 3.39. The molecule has 2 aliphatic carbocycles. The summed E-state index contributed by atoms with van der Waals surface area (Å²) in [6, 6.07) is 8.87. The summed E-state index contributed by atoms with van der Waals surface area (Å²) in [5.41, 5.74) is -0.212. The molecular formula is C42H48F8N2. The molecule has 4 rings (SSSR count). The molecule has 3 atom stereocenters. The quantitative estimate of drug-likeness (QED) is 0.129. The average molecular weight is 733 g/mol. The van der Waals surface area contributed by atoms with Gasteiger partial charge in [0.1, 0.15) is 29.7 Å². The fourth-order valence-corrected chi connectivity index (χ4v) is 7.00. The van der Waals surface area contributed by atoms with E-state index >= 15 is 17.6 Å². The van der Waals surface area contributed by atoms with E-state index in [4.69, 9.17) is 0 Å². The first-order chi connectivity index (χ1) is 24.3. The van der Waals surface area contributed by atoms with Crippen molar-refractivity contribution in [1.82, 2.24) is 0 Å². The van der Waals surface area contributed by atoms with Crippen molar-refractivity contribution in [2.45, 2.75) is 99.2 Å². The van der Waals surface area contributed by atoms with Crippen molar-refractivity contribution < 1.29 is 35.1 Å². The Kier molecular flexibility index (Phi) is 13.1. The molecule has 2 aromatic rings. The van der Waals surface area contributed by atoms with Gasteiger partial charge in [-0.3, -0.25) is 0 Å². The van der Waals surface area contributed by atoms with E-state index in [9.17, 15) is 17.6 Å². The highest BCUT2D eigenvalue weighted by atomic mass is 19.2. The van der Waals surface area contributed by atoms with E-state index < -0.39 is 76.6 Å². The van der Waals surface area contributed by atoms with Crippen LogP contribution < -0.4 is 9.80 Å². The van der Waals surface area contributed by atoms with Crippen molar-refractivity contribution >= 4 is 11.4 Å². The molecule has 2 nitrogen and oxygen atoms in total. The van der Waals surface area contributed by atoms with Crippen molar-refractivity contribution in [3.63, 3.8) is 0 Å². The van der Waals surface area contributed by atoms with Crippen LogP contribution in [0.4, 0.5) is 46.5 Å². The highest BCUT2D eigenvalue weighted by Gasteiger charge is 2.46. The Balaban J connectivity index is 0.00000358. The number of rotatable bonds is 11. The molecule has 0 radical (unpaired) electrons. The number of allylic oxidation sites excluding steroid dienone is 10. The molecule has 0 heterocycles. The molecule has 2 aromatic carbocycles. The minimum Gasteiger partial charge on any atom is -0.331 e. The van der Waals surface area contributed by atoms with E-state index in [1.54, 1.807) is 51.1 Å². The molecule has 0 spiro atoms. The SMILES string of the molecule is C=C(F)/C(F)=C(\C(=C)F)N(C(C)=C(C)C)c1ccc2c(c1)C(CC)(/C(C)=C/C)c1cc(N(C3=C(F)CC(C)(F)C(F)=C3F)C(C)CF)ccc1-2.CC. The lowest BCUT2D eigenvalue weighted by atomic mass is 9.70. The van der Waals surface area contributed by atoms with E-state index in [-0.39, 0.29) is 5.69 Å². The summed E-state index contributed by atoms with van der Waals surface area (Å²) in [4.78, 5) is 2.25. The highest BCUT2D eigenvalue weighted by Crippen LogP contribution is 2.57. The molecule has 2 aliphatic rings. The lowest BCUT2D eigenvalue weighted by Gasteiger charge is -2.37. The number of anilines is 2. The van der Waals surface area contributed by atoms with Gasteiger partial charge in [0.2, 0.25) is 0 Å². The Morgan fingerprint density at radius 2 is 1.42 bits per heavy atom. The minimum atomic E-state index is -2.90. The van der Waals surface area contributed by atoms with E-state index in [1.165, 1.54) is 17.9 Å². The molecule has 0 bridgehead atoms. The van der Waals surface area contributed by atoms with Crippen molar-refractivity contribution in [3.05, 3.63) is 130 Å². The molecule has 0 fully saturated rings. The van der Waals surface area contributed by atoms with Crippen molar-refractivity contribution in [3.8, 4) is 11.1 Å². The van der Waals surface area contributed by atoms with Crippen LogP contribution in [0.2, 0.25) is 0 Å². The molecule has 0 saturated carbocycles. The monoisotopic (exact) mass is 732 g/mol. The molecule has 3 unspecified atom stereocenters. The van der Waals surface area contributed by atoms with Gasteiger partial charge in [-0.2, -0.15) is 0 Å². The summed E-state index contributed by atoms with van der Waals surface area (Å²) in [7, 11) is 0. The fourth-order valence-electron chi connectivity index (χ4n) is 7.00. The van der Waals surface area contributed by atoms with Gasteiger partial charge in [-0.05, 0) is 101 Å². The zero-order chi connectivity index (χ0) is 39.6. The number of nitrogens with zero attached hydrogens (tertiary/aromatic N) is 2. The third-order valence-electron chi connectivity index (χ3n) is 9.88. The predicted molar refractivity (Wildman–Crippen MR) is 198 cm³/mol. The van der Waals surface area contributed by atoms with Crippen LogP contribution in [-0.4, -0.2) is 18.4 Å². The second kappa shape index (κ2) is 16.1. The van der Waals surface area contributed by atoms with E-state index in [2.05, 4.69) is 13.2 Å². The maximum Gasteiger partial charge on any atom is 0.185 e. The first-order valence-electron chi connectivity index (χ1n) is 17.3. The molecule has 282 valence electrons. The second-order valence-corrected chi connectivity index (χ2v) is 13.2. The van der Waals surface area contributed by atoms with Gasteiger partial charge in [0, 0.05) is 28.9 Å². The Morgan fingerprint density at radius 1 is 0.904 bits per heavy atom. The molecule has 0 N–H and O–H groups in total. The zero-order valence-corrected chi connectivity index (χ0v) is 31.6. The van der Waals surface area contributed by atoms with Crippen LogP contribution in [0.1, 0.15) is 93.2 Å². The smallest absolute Gasteiger partial charge is 0.185 e. The molecule has 0 amide bonds. The van der Waals surface area contributed by atoms with Gasteiger partial charge in [-0.15, -0.1) is 0 Å². The molecule has 52 heavy (non-hydrogen) atoms. The Morgan fingerprint density at radius 3 is 1.87 bits per heavy atom. The highest BCUT2D eigenvalue weighted by molar-refractivity contribution is 5.87. The number of fused-ring (bicyclic) bond motifs is 3. The first kappa shape index (κ1) is 42.1. The second-order valence-electron chi connectivity index (χ2n) is 13.2. The summed E-state index contributed by atoms with van der Waals surface area (Å²) in [5, 5.41) is 0. The summed E-state index contributed by atoms with van der Waals surface area (Å²) in [5.74, 6) is -8.99. The lowest BCUT2D eigenvalue weighted by Crippen LogP contribution is -2.38. The predicted octanol–water partition coefficient (Wildman–Crippen LogP) is 14.3. The standard InChI is InChI=1S/C40H42F8N2.C2H6/c1-11-22(5)40(12-2)31-17-27(49(23(6)20-41)37-33(44)19-39(10,48)38(47)35(37)46)13-15-29(31)30-16-14-28(18-32(30)40)50(26(9)21(3)4)36(25(8)43)34(45)24(7)42;1-2/h11,13-18,23H,7-8,12,19-20H2,1-6,9-10H3;1-2H3/b22-11+,36-34-;. The van der Waals surface area contributed by atoms with Crippen molar-refractivity contribution in [1.29, 1.82) is 0 Å². The van der Waals surface area contributed by atoms with Crippen molar-refractivity contribution in [2.75, 3.05) is 16.5 Å².